The maximum atomic E-state index is 12.0. The summed E-state index contributed by atoms with van der Waals surface area (Å²) in [5, 5.41) is 3.49. The third-order valence-corrected chi connectivity index (χ3v) is 4.39. The standard InChI is InChI=1S/C18H17ClN2O2/c1-21-16-7-6-12(8-14(16)10-18(21)23)11-20-17(22)9-13-4-2-3-5-15(13)19/h2-8H,9-11H2,1H3,(H,20,22). The average molecular weight is 329 g/mol. The summed E-state index contributed by atoms with van der Waals surface area (Å²) >= 11 is 6.06. The first-order chi connectivity index (χ1) is 11.0. The Morgan fingerprint density at radius 3 is 2.83 bits per heavy atom. The molecule has 2 aromatic carbocycles. The fourth-order valence-corrected chi connectivity index (χ4v) is 2.91. The van der Waals surface area contributed by atoms with Gasteiger partial charge in [0.2, 0.25) is 11.8 Å². The number of hydrogen-bond acceptors (Lipinski definition) is 2. The molecule has 0 spiro atoms. The zero-order valence-electron chi connectivity index (χ0n) is 12.8. The average Bonchev–Trinajstić information content (AvgIpc) is 2.82. The Balaban J connectivity index is 1.61. The van der Waals surface area contributed by atoms with Crippen molar-refractivity contribution in [3.8, 4) is 0 Å². The molecule has 4 nitrogen and oxygen atoms in total. The van der Waals surface area contributed by atoms with Gasteiger partial charge in [-0.2, -0.15) is 0 Å². The zero-order valence-corrected chi connectivity index (χ0v) is 13.6. The van der Waals surface area contributed by atoms with Gasteiger partial charge in [0.1, 0.15) is 0 Å². The molecule has 1 aliphatic heterocycles. The number of carbonyl (C=O) groups is 2. The molecule has 0 radical (unpaired) electrons. The van der Waals surface area contributed by atoms with Gasteiger partial charge in [0.15, 0.2) is 0 Å². The molecule has 5 heteroatoms. The first-order valence-corrected chi connectivity index (χ1v) is 7.81. The lowest BCUT2D eigenvalue weighted by Gasteiger charge is -2.11. The molecule has 1 heterocycles. The van der Waals surface area contributed by atoms with Gasteiger partial charge in [-0.1, -0.05) is 41.9 Å². The zero-order chi connectivity index (χ0) is 16.4. The van der Waals surface area contributed by atoms with Crippen LogP contribution in [0, 0.1) is 0 Å². The summed E-state index contributed by atoms with van der Waals surface area (Å²) in [4.78, 5) is 25.4. The Morgan fingerprint density at radius 2 is 2.04 bits per heavy atom. The van der Waals surface area contributed by atoms with Crippen molar-refractivity contribution in [1.29, 1.82) is 0 Å². The van der Waals surface area contributed by atoms with E-state index >= 15 is 0 Å². The largest absolute Gasteiger partial charge is 0.352 e. The molecule has 3 rings (SSSR count). The number of carbonyl (C=O) groups excluding carboxylic acids is 2. The summed E-state index contributed by atoms with van der Waals surface area (Å²) in [7, 11) is 1.78. The van der Waals surface area contributed by atoms with E-state index in [9.17, 15) is 9.59 Å². The Labute approximate surface area is 140 Å². The van der Waals surface area contributed by atoms with Gasteiger partial charge in [-0.25, -0.2) is 0 Å². The van der Waals surface area contributed by atoms with E-state index in [4.69, 9.17) is 11.6 Å². The summed E-state index contributed by atoms with van der Waals surface area (Å²) in [6.07, 6.45) is 0.680. The lowest BCUT2D eigenvalue weighted by atomic mass is 10.1. The molecular weight excluding hydrogens is 312 g/mol. The summed E-state index contributed by atoms with van der Waals surface area (Å²) in [6.45, 7) is 0.439. The maximum absolute atomic E-state index is 12.0. The summed E-state index contributed by atoms with van der Waals surface area (Å²) in [6, 6.07) is 13.2. The van der Waals surface area contributed by atoms with Crippen LogP contribution >= 0.6 is 11.6 Å². The van der Waals surface area contributed by atoms with Crippen LogP contribution in [0.5, 0.6) is 0 Å². The number of likely N-dealkylation sites (N-methyl/N-ethyl adjacent to an activating group) is 1. The Bertz CT molecular complexity index is 773. The molecule has 0 aliphatic carbocycles. The van der Waals surface area contributed by atoms with Crippen molar-refractivity contribution >= 4 is 29.1 Å². The van der Waals surface area contributed by atoms with Gasteiger partial charge < -0.3 is 10.2 Å². The summed E-state index contributed by atoms with van der Waals surface area (Å²) < 4.78 is 0. The Kier molecular flexibility index (Phi) is 4.35. The van der Waals surface area contributed by atoms with Crippen LogP contribution in [-0.2, 0) is 29.0 Å². The minimum Gasteiger partial charge on any atom is -0.352 e. The van der Waals surface area contributed by atoms with Gasteiger partial charge in [0, 0.05) is 24.3 Å². The minimum atomic E-state index is -0.0770. The molecule has 0 saturated heterocycles. The van der Waals surface area contributed by atoms with Gasteiger partial charge in [0.25, 0.3) is 0 Å². The predicted molar refractivity (Wildman–Crippen MR) is 90.6 cm³/mol. The van der Waals surface area contributed by atoms with E-state index in [1.54, 1.807) is 18.0 Å². The minimum absolute atomic E-state index is 0.0770. The number of nitrogens with one attached hydrogen (secondary N) is 1. The van der Waals surface area contributed by atoms with Gasteiger partial charge in [-0.05, 0) is 28.8 Å². The highest BCUT2D eigenvalue weighted by molar-refractivity contribution is 6.31. The first-order valence-electron chi connectivity index (χ1n) is 7.43. The van der Waals surface area contributed by atoms with E-state index < -0.39 is 0 Å². The van der Waals surface area contributed by atoms with Crippen molar-refractivity contribution in [1.82, 2.24) is 5.32 Å². The molecule has 1 aliphatic rings. The molecule has 1 N–H and O–H groups in total. The topological polar surface area (TPSA) is 49.4 Å². The molecule has 2 amide bonds. The molecule has 0 atom stereocenters. The quantitative estimate of drug-likeness (QED) is 0.938. The number of nitrogens with zero attached hydrogens (tertiary/aromatic N) is 1. The Morgan fingerprint density at radius 1 is 1.26 bits per heavy atom. The fraction of sp³-hybridized carbons (Fsp3) is 0.222. The van der Waals surface area contributed by atoms with Crippen LogP contribution in [-0.4, -0.2) is 18.9 Å². The Hall–Kier alpha value is -2.33. The first kappa shape index (κ1) is 15.6. The number of halogens is 1. The van der Waals surface area contributed by atoms with Crippen LogP contribution in [0.4, 0.5) is 5.69 Å². The fourth-order valence-electron chi connectivity index (χ4n) is 2.71. The van der Waals surface area contributed by atoms with E-state index in [1.807, 2.05) is 36.4 Å². The molecular formula is C18H17ClN2O2. The van der Waals surface area contributed by atoms with Gasteiger partial charge >= 0.3 is 0 Å². The molecule has 118 valence electrons. The van der Waals surface area contributed by atoms with E-state index in [1.165, 1.54) is 0 Å². The number of fused-ring (bicyclic) bond motifs is 1. The number of hydrogen-bond donors (Lipinski definition) is 1. The molecule has 0 bridgehead atoms. The van der Waals surface area contributed by atoms with Crippen LogP contribution in [0.1, 0.15) is 16.7 Å². The summed E-state index contributed by atoms with van der Waals surface area (Å²) in [5.74, 6) is 0.0201. The third-order valence-electron chi connectivity index (χ3n) is 4.02. The van der Waals surface area contributed by atoms with Crippen molar-refractivity contribution in [2.75, 3.05) is 11.9 Å². The second-order valence-electron chi connectivity index (χ2n) is 5.64. The second kappa shape index (κ2) is 6.42. The number of rotatable bonds is 4. The third kappa shape index (κ3) is 3.37. The van der Waals surface area contributed by atoms with E-state index in [-0.39, 0.29) is 18.2 Å². The molecule has 0 unspecified atom stereocenters. The highest BCUT2D eigenvalue weighted by Crippen LogP contribution is 2.28. The van der Waals surface area contributed by atoms with Crippen molar-refractivity contribution < 1.29 is 9.59 Å². The van der Waals surface area contributed by atoms with Gasteiger partial charge in [0.05, 0.1) is 12.8 Å². The molecule has 0 aromatic heterocycles. The van der Waals surface area contributed by atoms with Crippen LogP contribution in [0.15, 0.2) is 42.5 Å². The van der Waals surface area contributed by atoms with Crippen LogP contribution < -0.4 is 10.2 Å². The van der Waals surface area contributed by atoms with E-state index in [0.29, 0.717) is 18.0 Å². The normalized spacial score (nSPS) is 13.1. The second-order valence-corrected chi connectivity index (χ2v) is 6.04. The number of anilines is 1. The lowest BCUT2D eigenvalue weighted by molar-refractivity contribution is -0.120. The molecule has 2 aromatic rings. The molecule has 0 fully saturated rings. The van der Waals surface area contributed by atoms with Crippen LogP contribution in [0.25, 0.3) is 0 Å². The lowest BCUT2D eigenvalue weighted by Crippen LogP contribution is -2.24. The predicted octanol–water partition coefficient (Wildman–Crippen LogP) is 2.72. The van der Waals surface area contributed by atoms with Crippen molar-refractivity contribution in [2.24, 2.45) is 0 Å². The SMILES string of the molecule is CN1C(=O)Cc2cc(CNC(=O)Cc3ccccc3Cl)ccc21. The van der Waals surface area contributed by atoms with Crippen LogP contribution in [0.3, 0.4) is 0 Å². The van der Waals surface area contributed by atoms with E-state index in [0.717, 1.165) is 22.4 Å². The van der Waals surface area contributed by atoms with Crippen molar-refractivity contribution in [2.45, 2.75) is 19.4 Å². The summed E-state index contributed by atoms with van der Waals surface area (Å²) in [5.41, 5.74) is 3.75. The van der Waals surface area contributed by atoms with E-state index in [2.05, 4.69) is 5.32 Å². The van der Waals surface area contributed by atoms with Crippen LogP contribution in [0.2, 0.25) is 5.02 Å². The molecule has 23 heavy (non-hydrogen) atoms. The highest BCUT2D eigenvalue weighted by atomic mass is 35.5. The monoisotopic (exact) mass is 328 g/mol. The van der Waals surface area contributed by atoms with Crippen molar-refractivity contribution in [3.05, 3.63) is 64.2 Å². The smallest absolute Gasteiger partial charge is 0.231 e. The highest BCUT2D eigenvalue weighted by Gasteiger charge is 2.23. The molecule has 0 saturated carbocycles. The van der Waals surface area contributed by atoms with Crippen molar-refractivity contribution in [3.63, 3.8) is 0 Å². The van der Waals surface area contributed by atoms with Gasteiger partial charge in [-0.15, -0.1) is 0 Å². The van der Waals surface area contributed by atoms with Gasteiger partial charge in [-0.3, -0.25) is 9.59 Å². The maximum Gasteiger partial charge on any atom is 0.231 e. The number of benzene rings is 2. The number of amides is 2.